The number of fused-ring (bicyclic) bond motifs is 1. The molecule has 0 fully saturated rings. The summed E-state index contributed by atoms with van der Waals surface area (Å²) in [6.45, 7) is 3.33. The third-order valence-electron chi connectivity index (χ3n) is 3.57. The fourth-order valence-corrected chi connectivity index (χ4v) is 3.62. The van der Waals surface area contributed by atoms with E-state index in [1.807, 2.05) is 37.3 Å². The van der Waals surface area contributed by atoms with Gasteiger partial charge in [-0.1, -0.05) is 30.3 Å². The molecule has 0 aliphatic carbocycles. The molecule has 3 aromatic rings. The number of hydrogen-bond acceptors (Lipinski definition) is 5. The van der Waals surface area contributed by atoms with Crippen molar-refractivity contribution in [1.82, 2.24) is 4.98 Å². The highest BCUT2D eigenvalue weighted by molar-refractivity contribution is 7.20. The van der Waals surface area contributed by atoms with E-state index in [-0.39, 0.29) is 5.78 Å². The minimum absolute atomic E-state index is 0.0603. The number of hydrogen-bond donors (Lipinski definition) is 1. The maximum absolute atomic E-state index is 12.1. The highest BCUT2D eigenvalue weighted by atomic mass is 32.1. The highest BCUT2D eigenvalue weighted by Gasteiger charge is 2.22. The van der Waals surface area contributed by atoms with Crippen molar-refractivity contribution >= 4 is 33.0 Å². The van der Waals surface area contributed by atoms with Gasteiger partial charge in [0.15, 0.2) is 5.78 Å². The molecule has 22 heavy (non-hydrogen) atoms. The lowest BCUT2D eigenvalue weighted by Gasteiger charge is -2.12. The molecule has 0 radical (unpaired) electrons. The summed E-state index contributed by atoms with van der Waals surface area (Å²) < 4.78 is 0. The normalized spacial score (nSPS) is 10.6. The van der Waals surface area contributed by atoms with Crippen LogP contribution in [0.4, 0.5) is 5.69 Å². The summed E-state index contributed by atoms with van der Waals surface area (Å²) in [6.07, 6.45) is 0. The first kappa shape index (κ1) is 14.2. The van der Waals surface area contributed by atoms with Gasteiger partial charge in [-0.3, -0.25) is 4.79 Å². The van der Waals surface area contributed by atoms with Crippen LogP contribution in [0.2, 0.25) is 0 Å². The summed E-state index contributed by atoms with van der Waals surface area (Å²) in [7, 11) is 0. The predicted molar refractivity (Wildman–Crippen MR) is 88.9 cm³/mol. The van der Waals surface area contributed by atoms with Crippen LogP contribution in [0.25, 0.3) is 21.3 Å². The maximum Gasteiger partial charge on any atom is 0.162 e. The average Bonchev–Trinajstić information content (AvgIpc) is 2.82. The Morgan fingerprint density at radius 1 is 1.32 bits per heavy atom. The van der Waals surface area contributed by atoms with Crippen LogP contribution in [-0.4, -0.2) is 10.8 Å². The van der Waals surface area contributed by atoms with E-state index >= 15 is 0 Å². The van der Waals surface area contributed by atoms with Crippen molar-refractivity contribution < 1.29 is 4.79 Å². The van der Waals surface area contributed by atoms with E-state index in [0.29, 0.717) is 32.0 Å². The summed E-state index contributed by atoms with van der Waals surface area (Å²) in [6, 6.07) is 11.7. The number of nitrogen functional groups attached to an aromatic ring is 1. The summed E-state index contributed by atoms with van der Waals surface area (Å²) in [5, 5.41) is 9.91. The molecular weight excluding hydrogens is 294 g/mol. The Morgan fingerprint density at radius 3 is 2.59 bits per heavy atom. The topological polar surface area (TPSA) is 79.8 Å². The summed E-state index contributed by atoms with van der Waals surface area (Å²) >= 11 is 1.26. The number of nitriles is 1. The van der Waals surface area contributed by atoms with Crippen LogP contribution < -0.4 is 5.73 Å². The van der Waals surface area contributed by atoms with Gasteiger partial charge >= 0.3 is 0 Å². The van der Waals surface area contributed by atoms with E-state index < -0.39 is 0 Å². The summed E-state index contributed by atoms with van der Waals surface area (Å²) in [5.74, 6) is -0.0603. The second-order valence-electron chi connectivity index (χ2n) is 5.01. The molecule has 0 aliphatic heterocycles. The van der Waals surface area contributed by atoms with Gasteiger partial charge < -0.3 is 5.73 Å². The van der Waals surface area contributed by atoms with Crippen LogP contribution in [-0.2, 0) is 0 Å². The first-order valence-electron chi connectivity index (χ1n) is 6.73. The SMILES string of the molecule is CC(=O)c1c(C)nc2sc(C#N)c(N)c2c1-c1ccccc1. The zero-order valence-electron chi connectivity index (χ0n) is 12.2. The number of aryl methyl sites for hydroxylation is 1. The van der Waals surface area contributed by atoms with Crippen molar-refractivity contribution in [2.45, 2.75) is 13.8 Å². The lowest BCUT2D eigenvalue weighted by atomic mass is 9.93. The molecule has 2 aromatic heterocycles. The lowest BCUT2D eigenvalue weighted by molar-refractivity contribution is 0.101. The lowest BCUT2D eigenvalue weighted by Crippen LogP contribution is -2.03. The van der Waals surface area contributed by atoms with Gasteiger partial charge in [-0.25, -0.2) is 4.98 Å². The number of ketones is 1. The van der Waals surface area contributed by atoms with E-state index in [4.69, 9.17) is 5.73 Å². The Labute approximate surface area is 131 Å². The van der Waals surface area contributed by atoms with Gasteiger partial charge in [0.2, 0.25) is 0 Å². The number of carbonyl (C=O) groups excluding carboxylic acids is 1. The van der Waals surface area contributed by atoms with E-state index in [9.17, 15) is 10.1 Å². The van der Waals surface area contributed by atoms with E-state index in [2.05, 4.69) is 11.1 Å². The fourth-order valence-electron chi connectivity index (χ4n) is 2.67. The van der Waals surface area contributed by atoms with E-state index in [0.717, 1.165) is 11.1 Å². The first-order valence-corrected chi connectivity index (χ1v) is 7.55. The van der Waals surface area contributed by atoms with E-state index in [1.54, 1.807) is 0 Å². The molecule has 4 nitrogen and oxygen atoms in total. The summed E-state index contributed by atoms with van der Waals surface area (Å²) in [5.41, 5.74) is 9.43. The van der Waals surface area contributed by atoms with Gasteiger partial charge in [0.1, 0.15) is 15.8 Å². The molecule has 108 valence electrons. The molecular formula is C17H13N3OS. The second-order valence-corrected chi connectivity index (χ2v) is 6.01. The van der Waals surface area contributed by atoms with Crippen molar-refractivity contribution in [3.8, 4) is 17.2 Å². The van der Waals surface area contributed by atoms with Crippen molar-refractivity contribution in [2.75, 3.05) is 5.73 Å². The van der Waals surface area contributed by atoms with Gasteiger partial charge in [0.25, 0.3) is 0 Å². The molecule has 5 heteroatoms. The van der Waals surface area contributed by atoms with Crippen LogP contribution in [0.3, 0.4) is 0 Å². The van der Waals surface area contributed by atoms with Crippen LogP contribution in [0, 0.1) is 18.3 Å². The van der Waals surface area contributed by atoms with Gasteiger partial charge in [0, 0.05) is 16.5 Å². The maximum atomic E-state index is 12.1. The number of aromatic nitrogens is 1. The van der Waals surface area contributed by atoms with E-state index in [1.165, 1.54) is 18.3 Å². The largest absolute Gasteiger partial charge is 0.396 e. The highest BCUT2D eigenvalue weighted by Crippen LogP contribution is 2.41. The minimum Gasteiger partial charge on any atom is -0.396 e. The predicted octanol–water partition coefficient (Wildman–Crippen LogP) is 3.93. The van der Waals surface area contributed by atoms with Crippen LogP contribution in [0.15, 0.2) is 30.3 Å². The van der Waals surface area contributed by atoms with Crippen LogP contribution >= 0.6 is 11.3 Å². The molecule has 0 saturated heterocycles. The molecule has 0 aliphatic rings. The Kier molecular flexibility index (Phi) is 3.39. The van der Waals surface area contributed by atoms with Crippen molar-refractivity contribution in [3.63, 3.8) is 0 Å². The van der Waals surface area contributed by atoms with Crippen molar-refractivity contribution in [1.29, 1.82) is 5.26 Å². The monoisotopic (exact) mass is 307 g/mol. The Bertz CT molecular complexity index is 936. The molecule has 3 rings (SSSR count). The fraction of sp³-hybridized carbons (Fsp3) is 0.118. The molecule has 0 unspecified atom stereocenters. The Balaban J connectivity index is 2.55. The van der Waals surface area contributed by atoms with Gasteiger partial charge in [-0.2, -0.15) is 5.26 Å². The molecule has 1 aromatic carbocycles. The number of carbonyl (C=O) groups is 1. The molecule has 0 amide bonds. The minimum atomic E-state index is -0.0603. The van der Waals surface area contributed by atoms with Crippen molar-refractivity contribution in [3.05, 3.63) is 46.5 Å². The number of nitrogens with zero attached hydrogens (tertiary/aromatic N) is 2. The average molecular weight is 307 g/mol. The zero-order valence-corrected chi connectivity index (χ0v) is 13.0. The third-order valence-corrected chi connectivity index (χ3v) is 4.58. The van der Waals surface area contributed by atoms with Crippen molar-refractivity contribution in [2.24, 2.45) is 0 Å². The number of nitrogens with two attached hydrogens (primary N) is 1. The quantitative estimate of drug-likeness (QED) is 0.727. The molecule has 2 heterocycles. The molecule has 2 N–H and O–H groups in total. The van der Waals surface area contributed by atoms with Gasteiger partial charge in [-0.05, 0) is 19.4 Å². The Morgan fingerprint density at radius 2 is 2.00 bits per heavy atom. The second kappa shape index (κ2) is 5.24. The number of anilines is 1. The number of thiophene rings is 1. The third kappa shape index (κ3) is 2.05. The zero-order chi connectivity index (χ0) is 15.9. The Hall–Kier alpha value is -2.71. The van der Waals surface area contributed by atoms with Crippen LogP contribution in [0.5, 0.6) is 0 Å². The molecule has 0 bridgehead atoms. The van der Waals surface area contributed by atoms with Crippen LogP contribution in [0.1, 0.15) is 27.9 Å². The number of Topliss-reactive ketones (excluding diaryl/α,β-unsaturated/α-hetero) is 1. The number of rotatable bonds is 2. The first-order chi connectivity index (χ1) is 10.5. The molecule has 0 spiro atoms. The summed E-state index contributed by atoms with van der Waals surface area (Å²) in [4.78, 5) is 17.7. The number of pyridine rings is 1. The van der Waals surface area contributed by atoms with Gasteiger partial charge in [-0.15, -0.1) is 11.3 Å². The molecule has 0 atom stereocenters. The molecule has 0 saturated carbocycles. The standard InChI is InChI=1S/C17H13N3OS/c1-9-13(10(2)21)14(11-6-4-3-5-7-11)15-16(19)12(8-18)22-17(15)20-9/h3-7H,19H2,1-2H3. The number of benzene rings is 1. The smallest absolute Gasteiger partial charge is 0.162 e. The van der Waals surface area contributed by atoms with Gasteiger partial charge in [0.05, 0.1) is 11.4 Å².